The van der Waals surface area contributed by atoms with Crippen molar-refractivity contribution in [3.05, 3.63) is 28.8 Å². The van der Waals surface area contributed by atoms with Crippen LogP contribution >= 0.6 is 0 Å². The number of anilines is 1. The number of nitrogens with two attached hydrogens (primary N) is 1. The van der Waals surface area contributed by atoms with Crippen molar-refractivity contribution in [3.8, 4) is 0 Å². The fraction of sp³-hybridized carbons (Fsp3) is 0.333. The molecular formula is C12H15NO4. The molecule has 0 aliphatic rings. The van der Waals surface area contributed by atoms with Crippen molar-refractivity contribution in [3.63, 3.8) is 0 Å². The minimum atomic E-state index is -1.23. The van der Waals surface area contributed by atoms with E-state index >= 15 is 0 Å². The highest BCUT2D eigenvalue weighted by Gasteiger charge is 2.22. The van der Waals surface area contributed by atoms with Gasteiger partial charge < -0.3 is 15.6 Å². The molecule has 1 aromatic carbocycles. The van der Waals surface area contributed by atoms with Crippen LogP contribution in [0.4, 0.5) is 5.69 Å². The molecule has 0 aliphatic carbocycles. The molecule has 0 bridgehead atoms. The lowest BCUT2D eigenvalue weighted by atomic mass is 9.94. The van der Waals surface area contributed by atoms with Gasteiger partial charge in [-0.15, -0.1) is 0 Å². The fourth-order valence-corrected chi connectivity index (χ4v) is 1.65. The van der Waals surface area contributed by atoms with Crippen molar-refractivity contribution >= 4 is 17.6 Å². The van der Waals surface area contributed by atoms with Gasteiger partial charge in [0.15, 0.2) is 0 Å². The summed E-state index contributed by atoms with van der Waals surface area (Å²) in [4.78, 5) is 22.6. The summed E-state index contributed by atoms with van der Waals surface area (Å²) in [6.45, 7) is 3.80. The van der Waals surface area contributed by atoms with Crippen LogP contribution in [0.3, 0.4) is 0 Å². The molecule has 17 heavy (non-hydrogen) atoms. The second kappa shape index (κ2) is 4.86. The Morgan fingerprint density at radius 1 is 1.35 bits per heavy atom. The second-order valence-electron chi connectivity index (χ2n) is 3.94. The van der Waals surface area contributed by atoms with Crippen molar-refractivity contribution < 1.29 is 19.4 Å². The molecule has 0 saturated heterocycles. The molecule has 0 spiro atoms. The first-order valence-electron chi connectivity index (χ1n) is 5.14. The number of rotatable bonds is 3. The smallest absolute Gasteiger partial charge is 0.338 e. The van der Waals surface area contributed by atoms with Gasteiger partial charge in [-0.1, -0.05) is 19.9 Å². The van der Waals surface area contributed by atoms with Crippen LogP contribution in [-0.2, 0) is 4.74 Å². The minimum Gasteiger partial charge on any atom is -0.478 e. The van der Waals surface area contributed by atoms with Crippen molar-refractivity contribution in [1.82, 2.24) is 0 Å². The predicted octanol–water partition coefficient (Wildman–Crippen LogP) is 1.88. The summed E-state index contributed by atoms with van der Waals surface area (Å²) in [5, 5.41) is 9.11. The molecule has 0 aromatic heterocycles. The van der Waals surface area contributed by atoms with Gasteiger partial charge in [-0.05, 0) is 17.5 Å². The first kappa shape index (κ1) is 13.0. The normalized spacial score (nSPS) is 10.4. The molecule has 5 nitrogen and oxygen atoms in total. The van der Waals surface area contributed by atoms with E-state index < -0.39 is 11.9 Å². The number of ether oxygens (including phenoxy) is 1. The summed E-state index contributed by atoms with van der Waals surface area (Å²) >= 11 is 0. The van der Waals surface area contributed by atoms with E-state index in [0.717, 1.165) is 0 Å². The number of carboxylic acid groups (broad SMARTS) is 1. The molecule has 1 aromatic rings. The first-order valence-corrected chi connectivity index (χ1v) is 5.14. The third-order valence-corrected chi connectivity index (χ3v) is 2.52. The quantitative estimate of drug-likeness (QED) is 0.618. The second-order valence-corrected chi connectivity index (χ2v) is 3.94. The Morgan fingerprint density at radius 3 is 2.35 bits per heavy atom. The van der Waals surface area contributed by atoms with Crippen LogP contribution in [-0.4, -0.2) is 24.2 Å². The molecule has 0 saturated carbocycles. The first-order chi connectivity index (χ1) is 7.90. The molecule has 1 rings (SSSR count). The van der Waals surface area contributed by atoms with Crippen LogP contribution in [0.15, 0.2) is 12.1 Å². The van der Waals surface area contributed by atoms with E-state index in [9.17, 15) is 9.59 Å². The van der Waals surface area contributed by atoms with E-state index in [4.69, 9.17) is 10.8 Å². The highest BCUT2D eigenvalue weighted by atomic mass is 16.5. The average Bonchev–Trinajstić information content (AvgIpc) is 2.26. The fourth-order valence-electron chi connectivity index (χ4n) is 1.65. The van der Waals surface area contributed by atoms with Crippen LogP contribution in [0.25, 0.3) is 0 Å². The Morgan fingerprint density at radius 2 is 1.94 bits per heavy atom. The SMILES string of the molecule is COC(=O)c1ccc(C(C)C)c(N)c1C(=O)O. The maximum Gasteiger partial charge on any atom is 0.338 e. The Balaban J connectivity index is 3.50. The lowest BCUT2D eigenvalue weighted by Gasteiger charge is -2.14. The van der Waals surface area contributed by atoms with E-state index in [-0.39, 0.29) is 22.7 Å². The van der Waals surface area contributed by atoms with Crippen LogP contribution in [0.2, 0.25) is 0 Å². The Hall–Kier alpha value is -2.04. The van der Waals surface area contributed by atoms with Gasteiger partial charge in [0.25, 0.3) is 0 Å². The summed E-state index contributed by atoms with van der Waals surface area (Å²) in [5.74, 6) is -1.85. The van der Waals surface area contributed by atoms with Crippen LogP contribution < -0.4 is 5.73 Å². The van der Waals surface area contributed by atoms with Crippen molar-refractivity contribution in [2.75, 3.05) is 12.8 Å². The molecule has 3 N–H and O–H groups in total. The molecule has 5 heteroatoms. The Bertz CT molecular complexity index is 466. The largest absolute Gasteiger partial charge is 0.478 e. The summed E-state index contributed by atoms with van der Waals surface area (Å²) in [6.07, 6.45) is 0. The molecule has 0 unspecified atom stereocenters. The number of hydrogen-bond acceptors (Lipinski definition) is 4. The van der Waals surface area contributed by atoms with Gasteiger partial charge in [-0.2, -0.15) is 0 Å². The van der Waals surface area contributed by atoms with Gasteiger partial charge in [-0.25, -0.2) is 9.59 Å². The molecule has 92 valence electrons. The average molecular weight is 237 g/mol. The van der Waals surface area contributed by atoms with Gasteiger partial charge in [0.05, 0.1) is 23.9 Å². The van der Waals surface area contributed by atoms with Gasteiger partial charge in [-0.3, -0.25) is 0 Å². The zero-order valence-electron chi connectivity index (χ0n) is 9.98. The maximum atomic E-state index is 11.4. The zero-order valence-corrected chi connectivity index (χ0v) is 9.98. The van der Waals surface area contributed by atoms with Crippen molar-refractivity contribution in [2.45, 2.75) is 19.8 Å². The Kier molecular flexibility index (Phi) is 3.73. The zero-order chi connectivity index (χ0) is 13.2. The van der Waals surface area contributed by atoms with Gasteiger partial charge in [0.1, 0.15) is 0 Å². The molecular weight excluding hydrogens is 222 g/mol. The number of carbonyl (C=O) groups is 2. The lowest BCUT2D eigenvalue weighted by Crippen LogP contribution is -2.14. The number of esters is 1. The predicted molar refractivity (Wildman–Crippen MR) is 63.2 cm³/mol. The van der Waals surface area contributed by atoms with Crippen molar-refractivity contribution in [1.29, 1.82) is 0 Å². The monoisotopic (exact) mass is 237 g/mol. The van der Waals surface area contributed by atoms with E-state index in [2.05, 4.69) is 4.74 Å². The topological polar surface area (TPSA) is 89.6 Å². The lowest BCUT2D eigenvalue weighted by molar-refractivity contribution is 0.0583. The molecule has 0 aliphatic heterocycles. The third-order valence-electron chi connectivity index (χ3n) is 2.52. The summed E-state index contributed by atoms with van der Waals surface area (Å²) < 4.78 is 4.52. The van der Waals surface area contributed by atoms with Crippen LogP contribution in [0.1, 0.15) is 46.0 Å². The highest BCUT2D eigenvalue weighted by Crippen LogP contribution is 2.28. The van der Waals surface area contributed by atoms with Crippen LogP contribution in [0, 0.1) is 0 Å². The van der Waals surface area contributed by atoms with Crippen LogP contribution in [0.5, 0.6) is 0 Å². The van der Waals surface area contributed by atoms with Crippen molar-refractivity contribution in [2.24, 2.45) is 0 Å². The molecule has 0 amide bonds. The van der Waals surface area contributed by atoms with Gasteiger partial charge in [0.2, 0.25) is 0 Å². The number of nitrogen functional groups attached to an aromatic ring is 1. The third kappa shape index (κ3) is 2.38. The standard InChI is InChI=1S/C12H15NO4/c1-6(2)7-4-5-8(12(16)17-3)9(10(7)13)11(14)15/h4-6H,13H2,1-3H3,(H,14,15). The molecule has 0 fully saturated rings. The van der Waals surface area contributed by atoms with E-state index in [0.29, 0.717) is 5.56 Å². The summed E-state index contributed by atoms with van der Waals surface area (Å²) in [7, 11) is 1.19. The summed E-state index contributed by atoms with van der Waals surface area (Å²) in [5.41, 5.74) is 6.40. The number of carboxylic acids is 1. The number of aromatic carboxylic acids is 1. The number of hydrogen-bond donors (Lipinski definition) is 2. The maximum absolute atomic E-state index is 11.4. The number of methoxy groups -OCH3 is 1. The van der Waals surface area contributed by atoms with E-state index in [1.165, 1.54) is 13.2 Å². The van der Waals surface area contributed by atoms with Gasteiger partial charge >= 0.3 is 11.9 Å². The van der Waals surface area contributed by atoms with E-state index in [1.54, 1.807) is 6.07 Å². The molecule has 0 heterocycles. The number of carbonyl (C=O) groups excluding carboxylic acids is 1. The molecule has 0 atom stereocenters. The minimum absolute atomic E-state index is 0.0260. The summed E-state index contributed by atoms with van der Waals surface area (Å²) in [6, 6.07) is 3.08. The highest BCUT2D eigenvalue weighted by molar-refractivity contribution is 6.06. The Labute approximate surface area is 99.2 Å². The molecule has 0 radical (unpaired) electrons. The van der Waals surface area contributed by atoms with E-state index in [1.807, 2.05) is 13.8 Å². The van der Waals surface area contributed by atoms with Gasteiger partial charge in [0, 0.05) is 0 Å². The number of benzene rings is 1.